The quantitative estimate of drug-likeness (QED) is 0.825. The van der Waals surface area contributed by atoms with E-state index in [1.807, 2.05) is 0 Å². The SMILES string of the molecule is C[C@H](NC[C@H]1CCCN1S(C)(=O)=O)[C@@H]1CC1(C)C. The van der Waals surface area contributed by atoms with Gasteiger partial charge in [-0.05, 0) is 37.5 Å². The fourth-order valence-electron chi connectivity index (χ4n) is 3.28. The molecule has 0 unspecified atom stereocenters. The van der Waals surface area contributed by atoms with Crippen LogP contribution >= 0.6 is 0 Å². The van der Waals surface area contributed by atoms with E-state index in [1.165, 1.54) is 12.7 Å². The van der Waals surface area contributed by atoms with Crippen molar-refractivity contribution in [2.24, 2.45) is 11.3 Å². The van der Waals surface area contributed by atoms with Crippen LogP contribution in [0.2, 0.25) is 0 Å². The van der Waals surface area contributed by atoms with E-state index in [1.54, 1.807) is 4.31 Å². The number of nitrogens with one attached hydrogen (secondary N) is 1. The third kappa shape index (κ3) is 3.06. The van der Waals surface area contributed by atoms with E-state index in [0.717, 1.165) is 25.3 Å². The van der Waals surface area contributed by atoms with Gasteiger partial charge in [-0.3, -0.25) is 0 Å². The Labute approximate surface area is 111 Å². The molecular formula is C13H26N2O2S. The van der Waals surface area contributed by atoms with Crippen molar-refractivity contribution in [3.63, 3.8) is 0 Å². The summed E-state index contributed by atoms with van der Waals surface area (Å²) in [5, 5.41) is 3.54. The lowest BCUT2D eigenvalue weighted by Crippen LogP contribution is -2.44. The Morgan fingerprint density at radius 2 is 2.06 bits per heavy atom. The maximum atomic E-state index is 11.6. The molecule has 2 aliphatic rings. The van der Waals surface area contributed by atoms with Crippen molar-refractivity contribution in [1.82, 2.24) is 9.62 Å². The predicted octanol–water partition coefficient (Wildman–Crippen LogP) is 1.43. The van der Waals surface area contributed by atoms with Crippen LogP contribution < -0.4 is 5.32 Å². The molecule has 1 heterocycles. The molecule has 1 aliphatic heterocycles. The van der Waals surface area contributed by atoms with Crippen molar-refractivity contribution in [1.29, 1.82) is 0 Å². The Morgan fingerprint density at radius 3 is 2.56 bits per heavy atom. The molecule has 1 aliphatic carbocycles. The highest BCUT2D eigenvalue weighted by molar-refractivity contribution is 7.88. The normalized spacial score (nSPS) is 33.6. The van der Waals surface area contributed by atoms with E-state index in [4.69, 9.17) is 0 Å². The molecule has 5 heteroatoms. The number of hydrogen-bond acceptors (Lipinski definition) is 3. The predicted molar refractivity (Wildman–Crippen MR) is 73.9 cm³/mol. The Balaban J connectivity index is 1.83. The molecule has 1 saturated heterocycles. The molecule has 18 heavy (non-hydrogen) atoms. The third-order valence-corrected chi connectivity index (χ3v) is 5.95. The average molecular weight is 274 g/mol. The van der Waals surface area contributed by atoms with Crippen LogP contribution in [0.5, 0.6) is 0 Å². The molecule has 0 aromatic rings. The lowest BCUT2D eigenvalue weighted by Gasteiger charge is -2.25. The van der Waals surface area contributed by atoms with Crippen molar-refractivity contribution in [3.05, 3.63) is 0 Å². The van der Waals surface area contributed by atoms with E-state index in [0.29, 0.717) is 18.0 Å². The van der Waals surface area contributed by atoms with Crippen molar-refractivity contribution in [2.45, 2.75) is 52.1 Å². The lowest BCUT2D eigenvalue weighted by molar-refractivity contribution is 0.343. The number of sulfonamides is 1. The van der Waals surface area contributed by atoms with E-state index in [9.17, 15) is 8.42 Å². The van der Waals surface area contributed by atoms with Crippen LogP contribution in [0.3, 0.4) is 0 Å². The van der Waals surface area contributed by atoms with Crippen LogP contribution in [0.25, 0.3) is 0 Å². The average Bonchev–Trinajstić information content (AvgIpc) is 2.70. The maximum Gasteiger partial charge on any atom is 0.211 e. The molecule has 1 N–H and O–H groups in total. The highest BCUT2D eigenvalue weighted by Crippen LogP contribution is 2.53. The van der Waals surface area contributed by atoms with Gasteiger partial charge in [0.05, 0.1) is 6.26 Å². The van der Waals surface area contributed by atoms with Gasteiger partial charge in [-0.1, -0.05) is 13.8 Å². The Bertz CT molecular complexity index is 405. The molecule has 2 rings (SSSR count). The van der Waals surface area contributed by atoms with Crippen molar-refractivity contribution >= 4 is 10.0 Å². The van der Waals surface area contributed by atoms with Crippen molar-refractivity contribution < 1.29 is 8.42 Å². The fraction of sp³-hybridized carbons (Fsp3) is 1.00. The number of rotatable bonds is 5. The lowest BCUT2D eigenvalue weighted by atomic mass is 10.0. The molecule has 0 aromatic heterocycles. The summed E-state index contributed by atoms with van der Waals surface area (Å²) in [5.74, 6) is 0.741. The molecule has 0 amide bonds. The summed E-state index contributed by atoms with van der Waals surface area (Å²) < 4.78 is 24.9. The summed E-state index contributed by atoms with van der Waals surface area (Å²) in [4.78, 5) is 0. The van der Waals surface area contributed by atoms with Crippen LogP contribution in [0.15, 0.2) is 0 Å². The Kier molecular flexibility index (Phi) is 3.78. The van der Waals surface area contributed by atoms with Gasteiger partial charge < -0.3 is 5.32 Å². The van der Waals surface area contributed by atoms with Gasteiger partial charge in [0.1, 0.15) is 0 Å². The molecule has 0 bridgehead atoms. The molecule has 0 radical (unpaired) electrons. The van der Waals surface area contributed by atoms with Crippen LogP contribution in [-0.4, -0.2) is 44.2 Å². The molecule has 106 valence electrons. The number of hydrogen-bond donors (Lipinski definition) is 1. The molecular weight excluding hydrogens is 248 g/mol. The zero-order valence-electron chi connectivity index (χ0n) is 11.9. The van der Waals surface area contributed by atoms with E-state index < -0.39 is 10.0 Å². The second-order valence-corrected chi connectivity index (χ2v) is 8.60. The van der Waals surface area contributed by atoms with E-state index in [-0.39, 0.29) is 6.04 Å². The minimum Gasteiger partial charge on any atom is -0.312 e. The molecule has 0 spiro atoms. The first kappa shape index (κ1) is 14.3. The van der Waals surface area contributed by atoms with Crippen LogP contribution in [-0.2, 0) is 10.0 Å². The smallest absolute Gasteiger partial charge is 0.211 e. The molecule has 0 aromatic carbocycles. The van der Waals surface area contributed by atoms with Crippen LogP contribution in [0.1, 0.15) is 40.0 Å². The van der Waals surface area contributed by atoms with E-state index >= 15 is 0 Å². The summed E-state index contributed by atoms with van der Waals surface area (Å²) in [6.45, 7) is 8.30. The van der Waals surface area contributed by atoms with Gasteiger partial charge >= 0.3 is 0 Å². The maximum absolute atomic E-state index is 11.6. The summed E-state index contributed by atoms with van der Waals surface area (Å²) in [6.07, 6.45) is 4.57. The van der Waals surface area contributed by atoms with Gasteiger partial charge in [-0.2, -0.15) is 4.31 Å². The van der Waals surface area contributed by atoms with Gasteiger partial charge in [-0.15, -0.1) is 0 Å². The van der Waals surface area contributed by atoms with Gasteiger partial charge in [0.25, 0.3) is 0 Å². The van der Waals surface area contributed by atoms with E-state index in [2.05, 4.69) is 26.1 Å². The third-order valence-electron chi connectivity index (χ3n) is 4.62. The zero-order valence-corrected chi connectivity index (χ0v) is 12.8. The minimum absolute atomic E-state index is 0.157. The first-order valence-corrected chi connectivity index (χ1v) is 8.77. The first-order valence-electron chi connectivity index (χ1n) is 6.92. The Hall–Kier alpha value is -0.130. The highest BCUT2D eigenvalue weighted by Gasteiger charge is 2.48. The number of nitrogens with zero attached hydrogens (tertiary/aromatic N) is 1. The summed E-state index contributed by atoms with van der Waals surface area (Å²) >= 11 is 0. The van der Waals surface area contributed by atoms with Gasteiger partial charge in [-0.25, -0.2) is 8.42 Å². The van der Waals surface area contributed by atoms with Crippen LogP contribution in [0.4, 0.5) is 0 Å². The first-order chi connectivity index (χ1) is 8.22. The highest BCUT2D eigenvalue weighted by atomic mass is 32.2. The minimum atomic E-state index is -3.03. The summed E-state index contributed by atoms with van der Waals surface area (Å²) in [7, 11) is -3.03. The standard InChI is InChI=1S/C13H26N2O2S/c1-10(12-8-13(12,2)3)14-9-11-6-5-7-15(11)18(4,16)17/h10-12,14H,5-9H2,1-4H3/t10-,11+,12-/m0/s1. The molecule has 4 nitrogen and oxygen atoms in total. The zero-order chi connectivity index (χ0) is 13.6. The molecule has 1 saturated carbocycles. The summed E-state index contributed by atoms with van der Waals surface area (Å²) in [6, 6.07) is 0.645. The fourth-order valence-corrected chi connectivity index (χ4v) is 4.46. The van der Waals surface area contributed by atoms with Gasteiger partial charge in [0.2, 0.25) is 10.0 Å². The van der Waals surface area contributed by atoms with Gasteiger partial charge in [0, 0.05) is 25.2 Å². The summed E-state index contributed by atoms with van der Waals surface area (Å²) in [5.41, 5.74) is 0.471. The second-order valence-electron chi connectivity index (χ2n) is 6.67. The topological polar surface area (TPSA) is 49.4 Å². The largest absolute Gasteiger partial charge is 0.312 e. The van der Waals surface area contributed by atoms with Crippen LogP contribution in [0, 0.1) is 11.3 Å². The van der Waals surface area contributed by atoms with Crippen molar-refractivity contribution in [3.8, 4) is 0 Å². The van der Waals surface area contributed by atoms with Gasteiger partial charge in [0.15, 0.2) is 0 Å². The second kappa shape index (κ2) is 4.76. The monoisotopic (exact) mass is 274 g/mol. The van der Waals surface area contributed by atoms with Crippen molar-refractivity contribution in [2.75, 3.05) is 19.3 Å². The Morgan fingerprint density at radius 1 is 1.44 bits per heavy atom. The molecule has 3 atom stereocenters. The molecule has 2 fully saturated rings.